The average molecular weight is 562 g/mol. The Labute approximate surface area is 229 Å². The van der Waals surface area contributed by atoms with Gasteiger partial charge in [-0.1, -0.05) is 0 Å². The molecule has 0 unspecified atom stereocenters. The number of anilines is 4. The Kier molecular flexibility index (Phi) is 9.16. The fraction of sp³-hybridized carbons (Fsp3) is 0.385. The molecule has 204 valence electrons. The molecule has 3 N–H and O–H groups in total. The molecule has 0 radical (unpaired) electrons. The van der Waals surface area contributed by atoms with E-state index < -0.39 is 10.0 Å². The van der Waals surface area contributed by atoms with Crippen LogP contribution in [0.5, 0.6) is 0 Å². The van der Waals surface area contributed by atoms with Crippen molar-refractivity contribution in [3.05, 3.63) is 66.1 Å². The van der Waals surface area contributed by atoms with Crippen molar-refractivity contribution in [2.45, 2.75) is 30.7 Å². The molecule has 2 aliphatic heterocycles. The first kappa shape index (κ1) is 28.2. The van der Waals surface area contributed by atoms with Crippen LogP contribution >= 0.6 is 12.4 Å². The number of benzene rings is 2. The second-order valence-corrected chi connectivity index (χ2v) is 11.4. The van der Waals surface area contributed by atoms with Crippen LogP contribution in [0, 0.1) is 12.7 Å². The van der Waals surface area contributed by atoms with Gasteiger partial charge in [-0.15, -0.1) is 12.4 Å². The van der Waals surface area contributed by atoms with Crippen LogP contribution in [0.1, 0.15) is 18.4 Å². The lowest BCUT2D eigenvalue weighted by atomic mass is 10.2. The van der Waals surface area contributed by atoms with Crippen LogP contribution in [0.15, 0.2) is 59.6 Å². The van der Waals surface area contributed by atoms with Crippen LogP contribution in [0.4, 0.5) is 27.5 Å². The third-order valence-electron chi connectivity index (χ3n) is 6.81. The molecule has 0 amide bonds. The molecule has 0 atom stereocenters. The van der Waals surface area contributed by atoms with Crippen LogP contribution in [0.25, 0.3) is 0 Å². The Morgan fingerprint density at radius 1 is 1.05 bits per heavy atom. The standard InChI is InChI=1S/C26H32FN7O2S.ClH/c1-19-16-21(6-9-24(19)27)30-25-10-11-29-26(32-25)31-20-4-7-23(8-5-20)37(35,36)34(22-17-28-18-22)15-14-33-12-2-3-13-33;/h4-11,16,22,28H,2-3,12-15,17-18H2,1H3,(H2,29,30,31,32);1H. The highest BCUT2D eigenvalue weighted by Gasteiger charge is 2.35. The van der Waals surface area contributed by atoms with Gasteiger partial charge in [-0.05, 0) is 86.9 Å². The van der Waals surface area contributed by atoms with Crippen LogP contribution in [-0.2, 0) is 10.0 Å². The molecule has 0 aliphatic carbocycles. The van der Waals surface area contributed by atoms with Gasteiger partial charge < -0.3 is 20.9 Å². The van der Waals surface area contributed by atoms with Gasteiger partial charge in [0, 0.05) is 43.8 Å². The third kappa shape index (κ3) is 6.59. The Morgan fingerprint density at radius 2 is 1.76 bits per heavy atom. The molecule has 1 aromatic heterocycles. The van der Waals surface area contributed by atoms with E-state index in [1.54, 1.807) is 59.9 Å². The molecular formula is C26H33ClFN7O2S. The first-order valence-electron chi connectivity index (χ1n) is 12.6. The summed E-state index contributed by atoms with van der Waals surface area (Å²) in [6.07, 6.45) is 3.97. The largest absolute Gasteiger partial charge is 0.340 e. The lowest BCUT2D eigenvalue weighted by Gasteiger charge is -2.38. The van der Waals surface area contributed by atoms with Gasteiger partial charge in [-0.3, -0.25) is 0 Å². The van der Waals surface area contributed by atoms with Gasteiger partial charge in [-0.25, -0.2) is 17.8 Å². The normalized spacial score (nSPS) is 16.2. The second kappa shape index (κ2) is 12.4. The molecule has 5 rings (SSSR count). The first-order chi connectivity index (χ1) is 17.9. The van der Waals surface area contributed by atoms with Crippen molar-refractivity contribution >= 4 is 45.6 Å². The molecule has 12 heteroatoms. The fourth-order valence-electron chi connectivity index (χ4n) is 4.56. The van der Waals surface area contributed by atoms with Gasteiger partial charge in [0.25, 0.3) is 0 Å². The molecule has 2 aromatic carbocycles. The molecule has 0 spiro atoms. The van der Waals surface area contributed by atoms with Gasteiger partial charge in [0.1, 0.15) is 11.6 Å². The maximum absolute atomic E-state index is 13.5. The summed E-state index contributed by atoms with van der Waals surface area (Å²) in [7, 11) is -3.62. The van der Waals surface area contributed by atoms with Gasteiger partial charge in [0.2, 0.25) is 16.0 Å². The maximum Gasteiger partial charge on any atom is 0.243 e. The second-order valence-electron chi connectivity index (χ2n) is 9.48. The van der Waals surface area contributed by atoms with E-state index in [2.05, 4.69) is 30.8 Å². The molecule has 0 bridgehead atoms. The highest BCUT2D eigenvalue weighted by Crippen LogP contribution is 2.24. The van der Waals surface area contributed by atoms with Crippen LogP contribution in [0.2, 0.25) is 0 Å². The number of sulfonamides is 1. The summed E-state index contributed by atoms with van der Waals surface area (Å²) < 4.78 is 42.2. The van der Waals surface area contributed by atoms with E-state index in [0.29, 0.717) is 48.3 Å². The summed E-state index contributed by atoms with van der Waals surface area (Å²) in [5.74, 6) is 0.637. The molecule has 2 fully saturated rings. The fourth-order valence-corrected chi connectivity index (χ4v) is 6.17. The predicted octanol–water partition coefficient (Wildman–Crippen LogP) is 3.89. The molecule has 0 saturated carbocycles. The summed E-state index contributed by atoms with van der Waals surface area (Å²) in [6, 6.07) is 13.1. The van der Waals surface area contributed by atoms with Crippen LogP contribution < -0.4 is 16.0 Å². The van der Waals surface area contributed by atoms with Crippen molar-refractivity contribution in [3.8, 4) is 0 Å². The molecule has 3 aromatic rings. The molecule has 3 heterocycles. The number of hydrogen-bond donors (Lipinski definition) is 3. The van der Waals surface area contributed by atoms with E-state index >= 15 is 0 Å². The molecule has 9 nitrogen and oxygen atoms in total. The number of rotatable bonds is 10. The molecule has 2 saturated heterocycles. The van der Waals surface area contributed by atoms with Crippen molar-refractivity contribution in [2.24, 2.45) is 0 Å². The van der Waals surface area contributed by atoms with Crippen LogP contribution in [0.3, 0.4) is 0 Å². The molecular weight excluding hydrogens is 529 g/mol. The lowest BCUT2D eigenvalue weighted by Crippen LogP contribution is -2.59. The molecule has 38 heavy (non-hydrogen) atoms. The summed E-state index contributed by atoms with van der Waals surface area (Å²) in [5.41, 5.74) is 1.92. The van der Waals surface area contributed by atoms with Crippen molar-refractivity contribution in [2.75, 3.05) is 49.9 Å². The quantitative estimate of drug-likeness (QED) is 0.343. The Hall–Kier alpha value is -2.83. The van der Waals surface area contributed by atoms with Gasteiger partial charge in [0.15, 0.2) is 0 Å². The minimum Gasteiger partial charge on any atom is -0.340 e. The SMILES string of the molecule is Cc1cc(Nc2ccnc(Nc3ccc(S(=O)(=O)N(CCN4CCCC4)C4CNC4)cc3)n2)ccc1F.Cl. The monoisotopic (exact) mass is 561 g/mol. The van der Waals surface area contributed by atoms with E-state index in [0.717, 1.165) is 19.6 Å². The first-order valence-corrected chi connectivity index (χ1v) is 14.0. The zero-order valence-corrected chi connectivity index (χ0v) is 22.9. The van der Waals surface area contributed by atoms with Crippen molar-refractivity contribution in [1.29, 1.82) is 0 Å². The van der Waals surface area contributed by atoms with Crippen LogP contribution in [-0.4, -0.2) is 72.9 Å². The van der Waals surface area contributed by atoms with E-state index in [-0.39, 0.29) is 29.2 Å². The van der Waals surface area contributed by atoms with E-state index in [4.69, 9.17) is 0 Å². The number of likely N-dealkylation sites (tertiary alicyclic amines) is 1. The topological polar surface area (TPSA) is 102 Å². The van der Waals surface area contributed by atoms with Crippen molar-refractivity contribution < 1.29 is 12.8 Å². The summed E-state index contributed by atoms with van der Waals surface area (Å²) in [6.45, 7) is 6.40. The Bertz CT molecular complexity index is 1330. The Balaban J connectivity index is 0.00000336. The Morgan fingerprint density at radius 3 is 2.42 bits per heavy atom. The van der Waals surface area contributed by atoms with Gasteiger partial charge in [0.05, 0.1) is 10.9 Å². The van der Waals surface area contributed by atoms with E-state index in [1.807, 2.05) is 0 Å². The summed E-state index contributed by atoms with van der Waals surface area (Å²) in [5, 5.41) is 9.45. The highest BCUT2D eigenvalue weighted by atomic mass is 35.5. The van der Waals surface area contributed by atoms with E-state index in [9.17, 15) is 12.8 Å². The smallest absolute Gasteiger partial charge is 0.243 e. The van der Waals surface area contributed by atoms with Crippen molar-refractivity contribution in [1.82, 2.24) is 24.5 Å². The predicted molar refractivity (Wildman–Crippen MR) is 150 cm³/mol. The minimum absolute atomic E-state index is 0. The third-order valence-corrected chi connectivity index (χ3v) is 8.77. The molecule has 2 aliphatic rings. The zero-order valence-electron chi connectivity index (χ0n) is 21.2. The number of aryl methyl sites for hydroxylation is 1. The summed E-state index contributed by atoms with van der Waals surface area (Å²) >= 11 is 0. The number of aromatic nitrogens is 2. The van der Waals surface area contributed by atoms with Gasteiger partial charge >= 0.3 is 0 Å². The zero-order chi connectivity index (χ0) is 25.8. The highest BCUT2D eigenvalue weighted by molar-refractivity contribution is 7.89. The number of hydrogen-bond acceptors (Lipinski definition) is 8. The number of nitrogens with zero attached hydrogens (tertiary/aromatic N) is 4. The number of halogens is 2. The van der Waals surface area contributed by atoms with Crippen molar-refractivity contribution in [3.63, 3.8) is 0 Å². The maximum atomic E-state index is 13.5. The minimum atomic E-state index is -3.62. The summed E-state index contributed by atoms with van der Waals surface area (Å²) in [4.78, 5) is 11.3. The van der Waals surface area contributed by atoms with E-state index in [1.165, 1.54) is 18.9 Å². The number of nitrogens with one attached hydrogen (secondary N) is 3. The average Bonchev–Trinajstić information content (AvgIpc) is 3.37. The lowest BCUT2D eigenvalue weighted by molar-refractivity contribution is 0.213. The van der Waals surface area contributed by atoms with Gasteiger partial charge in [-0.2, -0.15) is 9.29 Å².